The molecule has 0 spiro atoms. The lowest BCUT2D eigenvalue weighted by Gasteiger charge is -2.27. The molecule has 0 unspecified atom stereocenters. The third-order valence-corrected chi connectivity index (χ3v) is 6.31. The van der Waals surface area contributed by atoms with Crippen molar-refractivity contribution in [3.05, 3.63) is 12.2 Å². The Bertz CT molecular complexity index is 444. The molecule has 1 rings (SSSR count). The number of hydrogen-bond donors (Lipinski definition) is 1. The van der Waals surface area contributed by atoms with Crippen molar-refractivity contribution in [2.45, 2.75) is 64.4 Å². The molecular weight excluding hydrogens is 346 g/mol. The number of aliphatic hydroxyl groups excluding tert-OH is 1. The van der Waals surface area contributed by atoms with E-state index in [2.05, 4.69) is 34.6 Å². The minimum absolute atomic E-state index is 0.0695. The highest BCUT2D eigenvalue weighted by molar-refractivity contribution is 8.23. The molecule has 6 heteroatoms. The van der Waals surface area contributed by atoms with Gasteiger partial charge in [0.1, 0.15) is 4.32 Å². The molecule has 1 aliphatic heterocycles. The molecule has 1 amide bonds. The summed E-state index contributed by atoms with van der Waals surface area (Å²) in [5.74, 6) is 2.18. The highest BCUT2D eigenvalue weighted by Crippen LogP contribution is 2.29. The van der Waals surface area contributed by atoms with Gasteiger partial charge in [-0.25, -0.2) is 0 Å². The molecule has 2 atom stereocenters. The van der Waals surface area contributed by atoms with Crippen LogP contribution in [0.2, 0.25) is 0 Å². The molecule has 0 saturated carbocycles. The summed E-state index contributed by atoms with van der Waals surface area (Å²) >= 11 is 8.74. The number of allylic oxidation sites excluding steroid dienone is 1. The molecule has 1 N–H and O–H groups in total. The molecule has 0 aromatic rings. The molecular formula is C17H29NO2S3. The van der Waals surface area contributed by atoms with Crippen LogP contribution in [-0.4, -0.2) is 48.6 Å². The van der Waals surface area contributed by atoms with Gasteiger partial charge in [0.05, 0.1) is 12.5 Å². The van der Waals surface area contributed by atoms with Gasteiger partial charge in [-0.15, -0.1) is 0 Å². The maximum absolute atomic E-state index is 12.4. The zero-order valence-corrected chi connectivity index (χ0v) is 17.2. The summed E-state index contributed by atoms with van der Waals surface area (Å²) in [5, 5.41) is 10.1. The number of hydrogen-bond acceptors (Lipinski definition) is 5. The Morgan fingerprint density at radius 3 is 2.74 bits per heavy atom. The highest BCUT2D eigenvalue weighted by atomic mass is 32.2. The zero-order valence-electron chi connectivity index (χ0n) is 14.7. The average molecular weight is 376 g/mol. The van der Waals surface area contributed by atoms with Crippen molar-refractivity contribution in [3.8, 4) is 0 Å². The first kappa shape index (κ1) is 21.0. The van der Waals surface area contributed by atoms with Crippen LogP contribution in [0.1, 0.15) is 47.5 Å². The largest absolute Gasteiger partial charge is 0.389 e. The molecule has 1 saturated heterocycles. The smallest absolute Gasteiger partial charge is 0.231 e. The molecule has 0 radical (unpaired) electrons. The van der Waals surface area contributed by atoms with Crippen molar-refractivity contribution in [3.63, 3.8) is 0 Å². The van der Waals surface area contributed by atoms with E-state index in [1.165, 1.54) is 0 Å². The molecule has 1 aliphatic rings. The molecule has 132 valence electrons. The fraction of sp³-hybridized carbons (Fsp3) is 0.765. The van der Waals surface area contributed by atoms with Gasteiger partial charge in [0, 0.05) is 16.5 Å². The first-order valence-corrected chi connectivity index (χ1v) is 10.5. The van der Waals surface area contributed by atoms with Crippen LogP contribution in [0.3, 0.4) is 0 Å². The van der Waals surface area contributed by atoms with Crippen LogP contribution < -0.4 is 0 Å². The Kier molecular flexibility index (Phi) is 8.63. The summed E-state index contributed by atoms with van der Waals surface area (Å²) < 4.78 is 0.906. The number of carbonyl (C=O) groups is 1. The summed E-state index contributed by atoms with van der Waals surface area (Å²) in [6.45, 7) is 10.8. The third kappa shape index (κ3) is 7.59. The first-order valence-electron chi connectivity index (χ1n) is 8.09. The second-order valence-corrected chi connectivity index (χ2v) is 10.7. The fourth-order valence-corrected chi connectivity index (χ4v) is 4.78. The maximum Gasteiger partial charge on any atom is 0.231 e. The fourth-order valence-electron chi connectivity index (χ4n) is 2.25. The van der Waals surface area contributed by atoms with Crippen molar-refractivity contribution in [2.24, 2.45) is 5.92 Å². The number of amides is 1. The lowest BCUT2D eigenvalue weighted by Crippen LogP contribution is -2.42. The van der Waals surface area contributed by atoms with Crippen LogP contribution in [0.4, 0.5) is 0 Å². The number of thioether (sulfide) groups is 2. The van der Waals surface area contributed by atoms with Gasteiger partial charge in [0.25, 0.3) is 0 Å². The number of aliphatic hydroxyl groups is 1. The predicted octanol–water partition coefficient (Wildman–Crippen LogP) is 4.10. The Morgan fingerprint density at radius 1 is 1.52 bits per heavy atom. The molecule has 1 heterocycles. The minimum atomic E-state index is -0.733. The topological polar surface area (TPSA) is 40.5 Å². The van der Waals surface area contributed by atoms with Crippen LogP contribution in [0, 0.1) is 5.92 Å². The standard InChI is InChI=1S/C17H29NO2S3/c1-12(2)14-11-22-16(21)18(14)15(20)10-13(19)8-6-7-9-23-17(3,4)5/h6,8,12-14,19H,7,9-11H2,1-5H3/b8-6+/t13-,14+/m1/s1. The van der Waals surface area contributed by atoms with E-state index < -0.39 is 6.10 Å². The van der Waals surface area contributed by atoms with Crippen molar-refractivity contribution in [1.29, 1.82) is 0 Å². The maximum atomic E-state index is 12.4. The van der Waals surface area contributed by atoms with Crippen LogP contribution in [-0.2, 0) is 4.79 Å². The molecule has 1 fully saturated rings. The second kappa shape index (κ2) is 9.44. The molecule has 3 nitrogen and oxygen atoms in total. The quantitative estimate of drug-likeness (QED) is 0.412. The van der Waals surface area contributed by atoms with Crippen molar-refractivity contribution in [2.75, 3.05) is 11.5 Å². The summed E-state index contributed by atoms with van der Waals surface area (Å²) in [4.78, 5) is 14.1. The van der Waals surface area contributed by atoms with E-state index >= 15 is 0 Å². The van der Waals surface area contributed by atoms with Crippen molar-refractivity contribution >= 4 is 46.0 Å². The van der Waals surface area contributed by atoms with Gasteiger partial charge in [0.15, 0.2) is 0 Å². The second-order valence-electron chi connectivity index (χ2n) is 7.10. The van der Waals surface area contributed by atoms with E-state index in [1.54, 1.807) is 22.7 Å². The third-order valence-electron chi connectivity index (χ3n) is 3.51. The summed E-state index contributed by atoms with van der Waals surface area (Å²) in [6, 6.07) is 0.152. The number of rotatable bonds is 7. The van der Waals surface area contributed by atoms with E-state index in [0.717, 1.165) is 17.9 Å². The van der Waals surface area contributed by atoms with E-state index in [-0.39, 0.29) is 23.1 Å². The molecule has 0 aromatic heterocycles. The monoisotopic (exact) mass is 375 g/mol. The van der Waals surface area contributed by atoms with Gasteiger partial charge in [-0.3, -0.25) is 9.69 Å². The van der Waals surface area contributed by atoms with Gasteiger partial charge in [0.2, 0.25) is 5.91 Å². The van der Waals surface area contributed by atoms with Crippen LogP contribution in [0.15, 0.2) is 12.2 Å². The summed E-state index contributed by atoms with van der Waals surface area (Å²) in [6.07, 6.45) is 3.97. The van der Waals surface area contributed by atoms with Gasteiger partial charge < -0.3 is 5.11 Å². The summed E-state index contributed by atoms with van der Waals surface area (Å²) in [7, 11) is 0. The van der Waals surface area contributed by atoms with E-state index in [0.29, 0.717) is 10.2 Å². The lowest BCUT2D eigenvalue weighted by atomic mass is 10.0. The SMILES string of the molecule is CC(C)[C@@H]1CSC(=S)N1C(=O)C[C@H](O)/C=C/CCSC(C)(C)C. The highest BCUT2D eigenvalue weighted by Gasteiger charge is 2.35. The molecule has 0 aromatic carbocycles. The van der Waals surface area contributed by atoms with Gasteiger partial charge >= 0.3 is 0 Å². The first-order chi connectivity index (χ1) is 10.6. The average Bonchev–Trinajstić information content (AvgIpc) is 2.79. The van der Waals surface area contributed by atoms with Gasteiger partial charge in [-0.05, 0) is 18.1 Å². The number of carbonyl (C=O) groups excluding carboxylic acids is 1. The predicted molar refractivity (Wildman–Crippen MR) is 107 cm³/mol. The van der Waals surface area contributed by atoms with E-state index in [9.17, 15) is 9.90 Å². The zero-order chi connectivity index (χ0) is 17.6. The summed E-state index contributed by atoms with van der Waals surface area (Å²) in [5.41, 5.74) is 0. The lowest BCUT2D eigenvalue weighted by molar-refractivity contribution is -0.130. The Morgan fingerprint density at radius 2 is 2.17 bits per heavy atom. The van der Waals surface area contributed by atoms with E-state index in [1.807, 2.05) is 17.8 Å². The van der Waals surface area contributed by atoms with Crippen LogP contribution >= 0.6 is 35.7 Å². The minimum Gasteiger partial charge on any atom is -0.389 e. The Hall–Kier alpha value is -0.0400. The van der Waals surface area contributed by atoms with Crippen LogP contribution in [0.25, 0.3) is 0 Å². The Balaban J connectivity index is 2.42. The van der Waals surface area contributed by atoms with E-state index in [4.69, 9.17) is 12.2 Å². The number of thiocarbonyl (C=S) groups is 1. The number of nitrogens with zero attached hydrogens (tertiary/aromatic N) is 1. The van der Waals surface area contributed by atoms with Crippen molar-refractivity contribution in [1.82, 2.24) is 4.90 Å². The van der Waals surface area contributed by atoms with Crippen molar-refractivity contribution < 1.29 is 9.90 Å². The van der Waals surface area contributed by atoms with Gasteiger partial charge in [-0.1, -0.05) is 70.8 Å². The molecule has 0 bridgehead atoms. The molecule has 23 heavy (non-hydrogen) atoms. The Labute approximate surface area is 154 Å². The van der Waals surface area contributed by atoms with Gasteiger partial charge in [-0.2, -0.15) is 11.8 Å². The molecule has 0 aliphatic carbocycles. The normalized spacial score (nSPS) is 20.7. The van der Waals surface area contributed by atoms with Crippen LogP contribution in [0.5, 0.6) is 0 Å².